The smallest absolute Gasteiger partial charge is 0.283 e. The molecule has 2 N–H and O–H groups in total. The lowest BCUT2D eigenvalue weighted by Gasteiger charge is -2.57. The summed E-state index contributed by atoms with van der Waals surface area (Å²) < 4.78 is 17.4. The predicted molar refractivity (Wildman–Crippen MR) is 90.1 cm³/mol. The average molecular weight is 338 g/mol. The summed E-state index contributed by atoms with van der Waals surface area (Å²) in [6.45, 7) is 3.57. The molecule has 3 aliphatic rings. The molecule has 2 aromatic rings. The topological polar surface area (TPSA) is 91.8 Å². The van der Waals surface area contributed by atoms with Crippen LogP contribution in [0.4, 0.5) is 0 Å². The van der Waals surface area contributed by atoms with Crippen LogP contribution in [-0.2, 0) is 15.0 Å². The highest BCUT2D eigenvalue weighted by molar-refractivity contribution is 5.76. The molecule has 7 nitrogen and oxygen atoms in total. The maximum absolute atomic E-state index is 6.09. The molecule has 1 saturated heterocycles. The van der Waals surface area contributed by atoms with Crippen LogP contribution < -0.4 is 10.5 Å². The number of ether oxygens (including phenoxy) is 3. The van der Waals surface area contributed by atoms with Gasteiger partial charge < -0.3 is 19.9 Å². The minimum Gasteiger partial charge on any atom is -0.492 e. The Bertz CT molecular complexity index is 872. The molecule has 5 rings (SSSR count). The van der Waals surface area contributed by atoms with Crippen LogP contribution in [0.15, 0.2) is 41.9 Å². The molecule has 4 heterocycles. The van der Waals surface area contributed by atoms with Gasteiger partial charge in [0.1, 0.15) is 30.8 Å². The van der Waals surface area contributed by atoms with E-state index in [9.17, 15) is 0 Å². The molecular formula is C18H18N4O3. The van der Waals surface area contributed by atoms with Crippen molar-refractivity contribution in [1.82, 2.24) is 9.97 Å². The number of hydrogen-bond acceptors (Lipinski definition) is 7. The van der Waals surface area contributed by atoms with Gasteiger partial charge in [0.2, 0.25) is 0 Å². The lowest BCUT2D eigenvalue weighted by atomic mass is 9.60. The molecule has 3 atom stereocenters. The minimum absolute atomic E-state index is 0.0163. The van der Waals surface area contributed by atoms with E-state index in [0.717, 1.165) is 22.4 Å². The van der Waals surface area contributed by atoms with E-state index in [0.29, 0.717) is 19.8 Å². The Morgan fingerprint density at radius 1 is 1.08 bits per heavy atom. The monoisotopic (exact) mass is 338 g/mol. The second-order valence-electron chi connectivity index (χ2n) is 6.84. The number of nitrogens with zero attached hydrogens (tertiary/aromatic N) is 3. The highest BCUT2D eigenvalue weighted by Gasteiger charge is 2.67. The van der Waals surface area contributed by atoms with Gasteiger partial charge in [-0.05, 0) is 24.6 Å². The number of hydrogen-bond donors (Lipinski definition) is 1. The summed E-state index contributed by atoms with van der Waals surface area (Å²) in [5, 5.41) is 0. The van der Waals surface area contributed by atoms with Crippen molar-refractivity contribution in [2.45, 2.75) is 18.6 Å². The maximum atomic E-state index is 6.09. The van der Waals surface area contributed by atoms with Gasteiger partial charge in [-0.15, -0.1) is 0 Å². The number of amidine groups is 1. The number of fused-ring (bicyclic) bond motifs is 3. The van der Waals surface area contributed by atoms with E-state index in [1.165, 1.54) is 6.33 Å². The van der Waals surface area contributed by atoms with Crippen molar-refractivity contribution in [3.8, 4) is 16.9 Å². The summed E-state index contributed by atoms with van der Waals surface area (Å²) in [5.41, 5.74) is 7.99. The van der Waals surface area contributed by atoms with Gasteiger partial charge in [-0.2, -0.15) is 0 Å². The second-order valence-corrected chi connectivity index (χ2v) is 6.84. The first-order valence-electron chi connectivity index (χ1n) is 8.27. The third-order valence-corrected chi connectivity index (χ3v) is 5.73. The van der Waals surface area contributed by atoms with Gasteiger partial charge in [0, 0.05) is 23.5 Å². The van der Waals surface area contributed by atoms with Crippen molar-refractivity contribution in [2.75, 3.05) is 19.8 Å². The van der Waals surface area contributed by atoms with Crippen LogP contribution in [0.1, 0.15) is 12.5 Å². The quantitative estimate of drug-likeness (QED) is 0.847. The zero-order chi connectivity index (χ0) is 17.1. The Hall–Kier alpha value is -2.67. The van der Waals surface area contributed by atoms with E-state index in [1.54, 1.807) is 12.4 Å². The first-order chi connectivity index (χ1) is 12.1. The molecule has 7 heteroatoms. The van der Waals surface area contributed by atoms with Crippen molar-refractivity contribution in [3.63, 3.8) is 0 Å². The molecule has 2 spiro atoms. The van der Waals surface area contributed by atoms with Crippen molar-refractivity contribution in [3.05, 3.63) is 42.5 Å². The highest BCUT2D eigenvalue weighted by atomic mass is 16.5. The molecule has 128 valence electrons. The number of nitrogens with two attached hydrogens (primary N) is 1. The van der Waals surface area contributed by atoms with Gasteiger partial charge in [-0.3, -0.25) is 0 Å². The van der Waals surface area contributed by atoms with Crippen LogP contribution in [0.3, 0.4) is 0 Å². The summed E-state index contributed by atoms with van der Waals surface area (Å²) >= 11 is 0. The Kier molecular flexibility index (Phi) is 2.88. The zero-order valence-corrected chi connectivity index (χ0v) is 13.8. The molecule has 0 amide bonds. The van der Waals surface area contributed by atoms with Crippen LogP contribution in [0.25, 0.3) is 11.1 Å². The van der Waals surface area contributed by atoms with Crippen molar-refractivity contribution < 1.29 is 14.2 Å². The van der Waals surface area contributed by atoms with Crippen LogP contribution in [-0.4, -0.2) is 41.9 Å². The minimum atomic E-state index is -0.589. The highest BCUT2D eigenvalue weighted by Crippen LogP contribution is 2.58. The van der Waals surface area contributed by atoms with Crippen LogP contribution >= 0.6 is 0 Å². The van der Waals surface area contributed by atoms with Gasteiger partial charge in [-0.1, -0.05) is 6.07 Å². The van der Waals surface area contributed by atoms with E-state index in [-0.39, 0.29) is 17.5 Å². The molecule has 1 fully saturated rings. The molecular weight excluding hydrogens is 320 g/mol. The van der Waals surface area contributed by atoms with Crippen LogP contribution in [0, 0.1) is 5.41 Å². The first-order valence-corrected chi connectivity index (χ1v) is 8.27. The standard InChI is InChI=1S/C18H18N4O3/c1-11-17(7-23-11)8-24-15-3-2-12(13-5-20-10-21-6-13)4-14(15)18(17)9-25-16(19)22-18/h2-6,10-11H,7-9H2,1H3,(H2,19,22). The second kappa shape index (κ2) is 4.92. The molecule has 0 aliphatic carbocycles. The summed E-state index contributed by atoms with van der Waals surface area (Å²) in [6.07, 6.45) is 5.12. The van der Waals surface area contributed by atoms with Crippen LogP contribution in [0.2, 0.25) is 0 Å². The maximum Gasteiger partial charge on any atom is 0.283 e. The van der Waals surface area contributed by atoms with Crippen LogP contribution in [0.5, 0.6) is 5.75 Å². The fourth-order valence-corrected chi connectivity index (χ4v) is 4.09. The molecule has 0 bridgehead atoms. The van der Waals surface area contributed by atoms with E-state index >= 15 is 0 Å². The fraction of sp³-hybridized carbons (Fsp3) is 0.389. The third kappa shape index (κ3) is 1.81. The Morgan fingerprint density at radius 3 is 2.56 bits per heavy atom. The first kappa shape index (κ1) is 14.7. The number of aromatic nitrogens is 2. The number of benzene rings is 1. The predicted octanol–water partition coefficient (Wildman–Crippen LogP) is 1.48. The molecule has 25 heavy (non-hydrogen) atoms. The summed E-state index contributed by atoms with van der Waals surface area (Å²) in [4.78, 5) is 13.0. The Labute approximate surface area is 144 Å². The van der Waals surface area contributed by atoms with Crippen molar-refractivity contribution in [2.24, 2.45) is 16.1 Å². The van der Waals surface area contributed by atoms with E-state index in [4.69, 9.17) is 24.9 Å². The molecule has 0 saturated carbocycles. The van der Waals surface area contributed by atoms with Gasteiger partial charge in [-0.25, -0.2) is 15.0 Å². The molecule has 0 radical (unpaired) electrons. The van der Waals surface area contributed by atoms with Gasteiger partial charge in [0.25, 0.3) is 6.02 Å². The fourth-order valence-electron chi connectivity index (χ4n) is 4.09. The lowest BCUT2D eigenvalue weighted by molar-refractivity contribution is -0.235. The average Bonchev–Trinajstić information content (AvgIpc) is 3.04. The lowest BCUT2D eigenvalue weighted by Crippen LogP contribution is -2.67. The largest absolute Gasteiger partial charge is 0.492 e. The van der Waals surface area contributed by atoms with E-state index in [1.807, 2.05) is 12.1 Å². The number of aliphatic imine (C=N–C) groups is 1. The van der Waals surface area contributed by atoms with Gasteiger partial charge in [0.15, 0.2) is 0 Å². The SMILES string of the molecule is CC1OCC12COc1ccc(-c3cncnc3)cc1C21COC(N)=N1. The summed E-state index contributed by atoms with van der Waals surface area (Å²) in [6, 6.07) is 6.29. The van der Waals surface area contributed by atoms with Gasteiger partial charge in [0.05, 0.1) is 18.1 Å². The number of rotatable bonds is 1. The molecule has 1 aromatic carbocycles. The normalized spacial score (nSPS) is 32.5. The van der Waals surface area contributed by atoms with E-state index in [2.05, 4.69) is 23.0 Å². The Morgan fingerprint density at radius 2 is 1.92 bits per heavy atom. The molecule has 3 unspecified atom stereocenters. The zero-order valence-electron chi connectivity index (χ0n) is 13.8. The molecule has 1 aromatic heterocycles. The van der Waals surface area contributed by atoms with E-state index < -0.39 is 5.54 Å². The van der Waals surface area contributed by atoms with Gasteiger partial charge >= 0.3 is 0 Å². The Balaban J connectivity index is 1.71. The molecule has 3 aliphatic heterocycles. The summed E-state index contributed by atoms with van der Waals surface area (Å²) in [5.74, 6) is 0.812. The third-order valence-electron chi connectivity index (χ3n) is 5.73. The van der Waals surface area contributed by atoms with Crippen molar-refractivity contribution >= 4 is 6.02 Å². The van der Waals surface area contributed by atoms with Crippen molar-refractivity contribution in [1.29, 1.82) is 0 Å². The summed E-state index contributed by atoms with van der Waals surface area (Å²) in [7, 11) is 0.